The number of hydrogen-bond donors (Lipinski definition) is 1. The Morgan fingerprint density at radius 2 is 2.29 bits per heavy atom. The lowest BCUT2D eigenvalue weighted by atomic mass is 10.0. The summed E-state index contributed by atoms with van der Waals surface area (Å²) in [6.45, 7) is 5.74. The van der Waals surface area contributed by atoms with E-state index < -0.39 is 0 Å². The molecular formula is C12H21N3O2. The van der Waals surface area contributed by atoms with E-state index in [1.807, 2.05) is 0 Å². The second kappa shape index (κ2) is 5.60. The van der Waals surface area contributed by atoms with Crippen LogP contribution in [0.3, 0.4) is 0 Å². The standard InChI is InChI=1S/C12H21N3O2/c1-8(2)10(13)6-11-14-12(15-17-11)9-4-3-5-16-7-9/h8-10H,3-7,13H2,1-2H3. The molecule has 0 aromatic carbocycles. The lowest BCUT2D eigenvalue weighted by Crippen LogP contribution is -2.28. The van der Waals surface area contributed by atoms with Crippen LogP contribution < -0.4 is 5.73 Å². The minimum absolute atomic E-state index is 0.0749. The van der Waals surface area contributed by atoms with Gasteiger partial charge < -0.3 is 15.0 Å². The molecule has 96 valence electrons. The van der Waals surface area contributed by atoms with Gasteiger partial charge in [0.25, 0.3) is 0 Å². The van der Waals surface area contributed by atoms with Crippen LogP contribution in [0.5, 0.6) is 0 Å². The fraction of sp³-hybridized carbons (Fsp3) is 0.833. The molecule has 1 saturated heterocycles. The van der Waals surface area contributed by atoms with E-state index in [0.29, 0.717) is 24.8 Å². The molecule has 2 N–H and O–H groups in total. The first kappa shape index (κ1) is 12.5. The van der Waals surface area contributed by atoms with Crippen LogP contribution in [0.25, 0.3) is 0 Å². The molecule has 0 spiro atoms. The molecule has 2 atom stereocenters. The molecule has 0 aliphatic carbocycles. The normalized spacial score (nSPS) is 22.9. The monoisotopic (exact) mass is 239 g/mol. The maximum absolute atomic E-state index is 5.98. The zero-order chi connectivity index (χ0) is 12.3. The molecule has 0 amide bonds. The topological polar surface area (TPSA) is 74.2 Å². The molecule has 1 aliphatic rings. The SMILES string of the molecule is CC(C)C(N)Cc1nc(C2CCCOC2)no1. The van der Waals surface area contributed by atoms with Crippen LogP contribution in [0.4, 0.5) is 0 Å². The van der Waals surface area contributed by atoms with Crippen molar-refractivity contribution in [2.75, 3.05) is 13.2 Å². The van der Waals surface area contributed by atoms with Gasteiger partial charge in [-0.05, 0) is 18.8 Å². The maximum Gasteiger partial charge on any atom is 0.228 e. The van der Waals surface area contributed by atoms with Gasteiger partial charge in [0.15, 0.2) is 5.82 Å². The molecule has 1 aromatic rings. The molecule has 0 saturated carbocycles. The molecule has 0 radical (unpaired) electrons. The van der Waals surface area contributed by atoms with Crippen molar-refractivity contribution in [3.8, 4) is 0 Å². The zero-order valence-electron chi connectivity index (χ0n) is 10.6. The summed E-state index contributed by atoms with van der Waals surface area (Å²) < 4.78 is 10.7. The highest BCUT2D eigenvalue weighted by Crippen LogP contribution is 2.23. The number of nitrogens with zero attached hydrogens (tertiary/aromatic N) is 2. The molecule has 5 nitrogen and oxygen atoms in total. The van der Waals surface area contributed by atoms with E-state index in [1.165, 1.54) is 0 Å². The van der Waals surface area contributed by atoms with Crippen LogP contribution in [0.15, 0.2) is 4.52 Å². The molecule has 1 aromatic heterocycles. The van der Waals surface area contributed by atoms with Gasteiger partial charge >= 0.3 is 0 Å². The van der Waals surface area contributed by atoms with E-state index in [-0.39, 0.29) is 12.0 Å². The number of ether oxygens (including phenoxy) is 1. The number of rotatable bonds is 4. The average molecular weight is 239 g/mol. The lowest BCUT2D eigenvalue weighted by Gasteiger charge is -2.18. The Kier molecular flexibility index (Phi) is 4.12. The van der Waals surface area contributed by atoms with E-state index >= 15 is 0 Å². The van der Waals surface area contributed by atoms with Gasteiger partial charge in [-0.2, -0.15) is 4.98 Å². The quantitative estimate of drug-likeness (QED) is 0.861. The second-order valence-corrected chi connectivity index (χ2v) is 5.07. The molecule has 2 rings (SSSR count). The van der Waals surface area contributed by atoms with Crippen molar-refractivity contribution in [2.24, 2.45) is 11.7 Å². The van der Waals surface area contributed by atoms with E-state index in [1.54, 1.807) is 0 Å². The van der Waals surface area contributed by atoms with Crippen molar-refractivity contribution in [1.29, 1.82) is 0 Å². The molecule has 17 heavy (non-hydrogen) atoms. The van der Waals surface area contributed by atoms with Crippen LogP contribution in [-0.4, -0.2) is 29.4 Å². The van der Waals surface area contributed by atoms with E-state index in [4.69, 9.17) is 15.0 Å². The molecule has 0 bridgehead atoms. The van der Waals surface area contributed by atoms with Gasteiger partial charge in [0.05, 0.1) is 6.61 Å². The Morgan fingerprint density at radius 1 is 1.47 bits per heavy atom. The summed E-state index contributed by atoms with van der Waals surface area (Å²) in [6, 6.07) is 0.0749. The summed E-state index contributed by atoms with van der Waals surface area (Å²) in [5.41, 5.74) is 5.98. The molecular weight excluding hydrogens is 218 g/mol. The molecule has 1 fully saturated rings. The maximum atomic E-state index is 5.98. The summed E-state index contributed by atoms with van der Waals surface area (Å²) in [7, 11) is 0. The van der Waals surface area contributed by atoms with Crippen molar-refractivity contribution >= 4 is 0 Å². The average Bonchev–Trinajstić information content (AvgIpc) is 2.78. The van der Waals surface area contributed by atoms with Gasteiger partial charge in [-0.3, -0.25) is 0 Å². The van der Waals surface area contributed by atoms with Crippen molar-refractivity contribution in [2.45, 2.75) is 45.1 Å². The first-order valence-electron chi connectivity index (χ1n) is 6.32. The fourth-order valence-corrected chi connectivity index (χ4v) is 1.90. The molecule has 2 unspecified atom stereocenters. The third-order valence-corrected chi connectivity index (χ3v) is 3.28. The van der Waals surface area contributed by atoms with E-state index in [2.05, 4.69) is 24.0 Å². The summed E-state index contributed by atoms with van der Waals surface area (Å²) in [6.07, 6.45) is 2.80. The summed E-state index contributed by atoms with van der Waals surface area (Å²) >= 11 is 0. The molecule has 1 aliphatic heterocycles. The second-order valence-electron chi connectivity index (χ2n) is 5.07. The van der Waals surface area contributed by atoms with Crippen LogP contribution in [0.2, 0.25) is 0 Å². The molecule has 2 heterocycles. The number of hydrogen-bond acceptors (Lipinski definition) is 5. The highest BCUT2D eigenvalue weighted by Gasteiger charge is 2.22. The Bertz CT molecular complexity index is 345. The first-order chi connectivity index (χ1) is 8.16. The highest BCUT2D eigenvalue weighted by atomic mass is 16.5. The van der Waals surface area contributed by atoms with Gasteiger partial charge in [-0.15, -0.1) is 0 Å². The van der Waals surface area contributed by atoms with Gasteiger partial charge in [0.1, 0.15) is 0 Å². The van der Waals surface area contributed by atoms with Crippen LogP contribution in [0.1, 0.15) is 44.3 Å². The van der Waals surface area contributed by atoms with Gasteiger partial charge in [-0.25, -0.2) is 0 Å². The lowest BCUT2D eigenvalue weighted by molar-refractivity contribution is 0.0773. The highest BCUT2D eigenvalue weighted by molar-refractivity contribution is 4.97. The van der Waals surface area contributed by atoms with Gasteiger partial charge in [0, 0.05) is 25.0 Å². The summed E-state index contributed by atoms with van der Waals surface area (Å²) in [4.78, 5) is 4.42. The minimum Gasteiger partial charge on any atom is -0.381 e. The van der Waals surface area contributed by atoms with Crippen molar-refractivity contribution < 1.29 is 9.26 Å². The van der Waals surface area contributed by atoms with Gasteiger partial charge in [0.2, 0.25) is 5.89 Å². The minimum atomic E-state index is 0.0749. The number of nitrogens with two attached hydrogens (primary N) is 1. The van der Waals surface area contributed by atoms with Crippen LogP contribution in [0, 0.1) is 5.92 Å². The summed E-state index contributed by atoms with van der Waals surface area (Å²) in [5, 5.41) is 4.03. The van der Waals surface area contributed by atoms with E-state index in [9.17, 15) is 0 Å². The van der Waals surface area contributed by atoms with Crippen LogP contribution in [-0.2, 0) is 11.2 Å². The molecule has 5 heteroatoms. The Balaban J connectivity index is 1.95. The Morgan fingerprint density at radius 3 is 2.94 bits per heavy atom. The van der Waals surface area contributed by atoms with Crippen molar-refractivity contribution in [3.63, 3.8) is 0 Å². The third kappa shape index (κ3) is 3.26. The third-order valence-electron chi connectivity index (χ3n) is 3.28. The van der Waals surface area contributed by atoms with Crippen LogP contribution >= 0.6 is 0 Å². The predicted molar refractivity (Wildman–Crippen MR) is 63.6 cm³/mol. The Labute approximate surface area is 102 Å². The predicted octanol–water partition coefficient (Wildman–Crippen LogP) is 1.49. The first-order valence-corrected chi connectivity index (χ1v) is 6.32. The largest absolute Gasteiger partial charge is 0.381 e. The van der Waals surface area contributed by atoms with Gasteiger partial charge in [-0.1, -0.05) is 19.0 Å². The number of aromatic nitrogens is 2. The van der Waals surface area contributed by atoms with Crippen molar-refractivity contribution in [3.05, 3.63) is 11.7 Å². The van der Waals surface area contributed by atoms with E-state index in [0.717, 1.165) is 25.3 Å². The zero-order valence-corrected chi connectivity index (χ0v) is 10.6. The summed E-state index contributed by atoms with van der Waals surface area (Å²) in [5.74, 6) is 2.13. The van der Waals surface area contributed by atoms with Crippen molar-refractivity contribution in [1.82, 2.24) is 10.1 Å². The Hall–Kier alpha value is -0.940. The fourth-order valence-electron chi connectivity index (χ4n) is 1.90. The smallest absolute Gasteiger partial charge is 0.228 e.